The zero-order valence-corrected chi connectivity index (χ0v) is 11.7. The zero-order valence-electron chi connectivity index (χ0n) is 10.1. The first-order valence-electron chi connectivity index (χ1n) is 5.44. The predicted molar refractivity (Wildman–Crippen MR) is 77.0 cm³/mol. The van der Waals surface area contributed by atoms with Gasteiger partial charge in [-0.3, -0.25) is 0 Å². The molecule has 92 valence electrons. The minimum Gasteiger partial charge on any atom is -0.330 e. The molecule has 0 unspecified atom stereocenters. The summed E-state index contributed by atoms with van der Waals surface area (Å²) in [6, 6.07) is 8.61. The third kappa shape index (κ3) is 3.28. The summed E-state index contributed by atoms with van der Waals surface area (Å²) in [5, 5.41) is 1.12. The Morgan fingerprint density at radius 2 is 1.82 bits per heavy atom. The van der Waals surface area contributed by atoms with Gasteiger partial charge < -0.3 is 5.73 Å². The van der Waals surface area contributed by atoms with E-state index in [2.05, 4.69) is 36.2 Å². The maximum atomic E-state index is 5.53. The van der Waals surface area contributed by atoms with Crippen LogP contribution in [0.4, 0.5) is 0 Å². The van der Waals surface area contributed by atoms with Gasteiger partial charge in [-0.25, -0.2) is 4.98 Å². The SMILES string of the molecule is Cc1nc(C)c(-c2ccc(CCN)cc2)s1.Cl. The van der Waals surface area contributed by atoms with E-state index in [0.29, 0.717) is 6.54 Å². The number of halogens is 1. The van der Waals surface area contributed by atoms with Crippen LogP contribution in [-0.4, -0.2) is 11.5 Å². The lowest BCUT2D eigenvalue weighted by Crippen LogP contribution is -2.02. The Kier molecular flexibility index (Phi) is 5.12. The Balaban J connectivity index is 0.00000144. The molecule has 2 aromatic rings. The summed E-state index contributed by atoms with van der Waals surface area (Å²) in [5.74, 6) is 0. The number of hydrogen-bond donors (Lipinski definition) is 1. The van der Waals surface area contributed by atoms with Gasteiger partial charge in [0.1, 0.15) is 0 Å². The standard InChI is InChI=1S/C13H16N2S.ClH/c1-9-13(16-10(2)15-9)12-5-3-11(4-6-12)7-8-14;/h3-6H,7-8,14H2,1-2H3;1H. The molecule has 0 fully saturated rings. The van der Waals surface area contributed by atoms with Crippen molar-refractivity contribution in [2.24, 2.45) is 5.73 Å². The molecule has 17 heavy (non-hydrogen) atoms. The van der Waals surface area contributed by atoms with Crippen molar-refractivity contribution >= 4 is 23.7 Å². The average Bonchev–Trinajstić information content (AvgIpc) is 2.59. The van der Waals surface area contributed by atoms with E-state index in [-0.39, 0.29) is 12.4 Å². The molecule has 0 radical (unpaired) electrons. The van der Waals surface area contributed by atoms with Gasteiger partial charge in [0.2, 0.25) is 0 Å². The van der Waals surface area contributed by atoms with E-state index in [0.717, 1.165) is 17.1 Å². The monoisotopic (exact) mass is 268 g/mol. The molecule has 2 nitrogen and oxygen atoms in total. The molecule has 0 atom stereocenters. The van der Waals surface area contributed by atoms with E-state index < -0.39 is 0 Å². The molecule has 0 saturated heterocycles. The highest BCUT2D eigenvalue weighted by atomic mass is 35.5. The maximum Gasteiger partial charge on any atom is 0.0903 e. The van der Waals surface area contributed by atoms with Gasteiger partial charge in [-0.15, -0.1) is 23.7 Å². The van der Waals surface area contributed by atoms with E-state index in [9.17, 15) is 0 Å². The number of benzene rings is 1. The molecular weight excluding hydrogens is 252 g/mol. The first-order valence-corrected chi connectivity index (χ1v) is 6.26. The molecule has 0 bridgehead atoms. The first-order chi connectivity index (χ1) is 7.70. The second-order valence-corrected chi connectivity index (χ2v) is 5.09. The van der Waals surface area contributed by atoms with Gasteiger partial charge in [0.25, 0.3) is 0 Å². The molecule has 0 saturated carbocycles. The molecular formula is C13H17ClN2S. The summed E-state index contributed by atoms with van der Waals surface area (Å²) in [6.07, 6.45) is 0.945. The number of thiazole rings is 1. The van der Waals surface area contributed by atoms with E-state index in [4.69, 9.17) is 5.73 Å². The van der Waals surface area contributed by atoms with E-state index >= 15 is 0 Å². The van der Waals surface area contributed by atoms with Gasteiger partial charge in [-0.05, 0) is 37.9 Å². The minimum atomic E-state index is 0. The van der Waals surface area contributed by atoms with Crippen molar-refractivity contribution in [3.63, 3.8) is 0 Å². The molecule has 0 aliphatic carbocycles. The van der Waals surface area contributed by atoms with Crippen LogP contribution < -0.4 is 5.73 Å². The smallest absolute Gasteiger partial charge is 0.0903 e. The summed E-state index contributed by atoms with van der Waals surface area (Å²) in [6.45, 7) is 4.81. The Hall–Kier alpha value is -0.900. The van der Waals surface area contributed by atoms with Gasteiger partial charge >= 0.3 is 0 Å². The van der Waals surface area contributed by atoms with E-state index in [1.165, 1.54) is 16.0 Å². The molecule has 2 N–H and O–H groups in total. The second kappa shape index (κ2) is 6.15. The van der Waals surface area contributed by atoms with Gasteiger partial charge in [0, 0.05) is 0 Å². The van der Waals surface area contributed by atoms with Crippen LogP contribution in [0.3, 0.4) is 0 Å². The van der Waals surface area contributed by atoms with Gasteiger partial charge in [0.15, 0.2) is 0 Å². The summed E-state index contributed by atoms with van der Waals surface area (Å²) in [7, 11) is 0. The van der Waals surface area contributed by atoms with Crippen molar-refractivity contribution in [2.45, 2.75) is 20.3 Å². The van der Waals surface area contributed by atoms with Gasteiger partial charge in [-0.2, -0.15) is 0 Å². The van der Waals surface area contributed by atoms with Crippen molar-refractivity contribution in [1.29, 1.82) is 0 Å². The number of aromatic nitrogens is 1. The van der Waals surface area contributed by atoms with Crippen LogP contribution in [0.1, 0.15) is 16.3 Å². The lowest BCUT2D eigenvalue weighted by Gasteiger charge is -2.01. The average molecular weight is 269 g/mol. The highest BCUT2D eigenvalue weighted by molar-refractivity contribution is 7.15. The Labute approximate surface area is 112 Å². The van der Waals surface area contributed by atoms with Crippen molar-refractivity contribution < 1.29 is 0 Å². The van der Waals surface area contributed by atoms with Crippen molar-refractivity contribution in [3.8, 4) is 10.4 Å². The highest BCUT2D eigenvalue weighted by Crippen LogP contribution is 2.29. The van der Waals surface area contributed by atoms with Crippen LogP contribution in [0, 0.1) is 13.8 Å². The molecule has 0 aliphatic heterocycles. The Morgan fingerprint density at radius 1 is 1.18 bits per heavy atom. The summed E-state index contributed by atoms with van der Waals surface area (Å²) in [4.78, 5) is 5.72. The number of aryl methyl sites for hydroxylation is 2. The van der Waals surface area contributed by atoms with Crippen LogP contribution >= 0.6 is 23.7 Å². The molecule has 1 aromatic carbocycles. The Bertz CT molecular complexity index is 477. The Morgan fingerprint density at radius 3 is 2.29 bits per heavy atom. The van der Waals surface area contributed by atoms with Crippen molar-refractivity contribution in [2.75, 3.05) is 6.54 Å². The van der Waals surface area contributed by atoms with Crippen LogP contribution in [0.25, 0.3) is 10.4 Å². The normalized spacial score (nSPS) is 10.1. The van der Waals surface area contributed by atoms with Gasteiger partial charge in [-0.1, -0.05) is 24.3 Å². The van der Waals surface area contributed by atoms with Crippen molar-refractivity contribution in [3.05, 3.63) is 40.5 Å². The molecule has 0 spiro atoms. The molecule has 1 heterocycles. The minimum absolute atomic E-state index is 0. The first kappa shape index (κ1) is 14.2. The fourth-order valence-electron chi connectivity index (χ4n) is 1.79. The molecule has 4 heteroatoms. The van der Waals surface area contributed by atoms with Crippen LogP contribution in [0.5, 0.6) is 0 Å². The van der Waals surface area contributed by atoms with E-state index in [1.54, 1.807) is 11.3 Å². The largest absolute Gasteiger partial charge is 0.330 e. The number of rotatable bonds is 3. The molecule has 1 aromatic heterocycles. The fraction of sp³-hybridized carbons (Fsp3) is 0.308. The highest BCUT2D eigenvalue weighted by Gasteiger charge is 2.06. The number of hydrogen-bond acceptors (Lipinski definition) is 3. The van der Waals surface area contributed by atoms with E-state index in [1.807, 2.05) is 6.92 Å². The predicted octanol–water partition coefficient (Wildman–Crippen LogP) is 3.35. The fourth-order valence-corrected chi connectivity index (χ4v) is 2.71. The lowest BCUT2D eigenvalue weighted by molar-refractivity contribution is 0.969. The maximum absolute atomic E-state index is 5.53. The number of nitrogens with two attached hydrogens (primary N) is 1. The molecule has 2 rings (SSSR count). The zero-order chi connectivity index (χ0) is 11.5. The molecule has 0 aliphatic rings. The third-order valence-electron chi connectivity index (χ3n) is 2.55. The van der Waals surface area contributed by atoms with Crippen LogP contribution in [0.15, 0.2) is 24.3 Å². The quantitative estimate of drug-likeness (QED) is 0.927. The topological polar surface area (TPSA) is 38.9 Å². The van der Waals surface area contributed by atoms with Crippen LogP contribution in [-0.2, 0) is 6.42 Å². The van der Waals surface area contributed by atoms with Crippen molar-refractivity contribution in [1.82, 2.24) is 4.98 Å². The van der Waals surface area contributed by atoms with Crippen LogP contribution in [0.2, 0.25) is 0 Å². The lowest BCUT2D eigenvalue weighted by atomic mass is 10.1. The summed E-state index contributed by atoms with van der Waals surface area (Å²) >= 11 is 1.75. The third-order valence-corrected chi connectivity index (χ3v) is 3.67. The molecule has 0 amide bonds. The van der Waals surface area contributed by atoms with Gasteiger partial charge in [0.05, 0.1) is 15.6 Å². The summed E-state index contributed by atoms with van der Waals surface area (Å²) in [5.41, 5.74) is 9.20. The second-order valence-electron chi connectivity index (χ2n) is 3.88. The number of nitrogens with zero attached hydrogens (tertiary/aromatic N) is 1. The summed E-state index contributed by atoms with van der Waals surface area (Å²) < 4.78 is 0.